The van der Waals surface area contributed by atoms with E-state index in [0.29, 0.717) is 44.9 Å². The maximum absolute atomic E-state index is 14.8. The Kier molecular flexibility index (Phi) is 23.6. The summed E-state index contributed by atoms with van der Waals surface area (Å²) in [7, 11) is -4.39. The van der Waals surface area contributed by atoms with Crippen LogP contribution in [0.1, 0.15) is 114 Å². The Morgan fingerprint density at radius 1 is 0.691 bits per heavy atom. The first-order valence-electron chi connectivity index (χ1n) is 32.1. The average Bonchev–Trinajstić information content (AvgIpc) is 1.46. The monoisotopic (exact) mass is 1380 g/mol. The number of rotatable bonds is 20. The fraction of sp³-hybridized carbons (Fsp3) is 0.918. The molecule has 0 amide bonds. The van der Waals surface area contributed by atoms with Crippen molar-refractivity contribution in [1.29, 1.82) is 0 Å². The van der Waals surface area contributed by atoms with Crippen LogP contribution in [0.2, 0.25) is 0 Å². The molecule has 532 valence electrons. The molecule has 0 aromatic heterocycles. The van der Waals surface area contributed by atoms with Crippen molar-refractivity contribution in [2.24, 2.45) is 45.3 Å². The summed E-state index contributed by atoms with van der Waals surface area (Å²) < 4.78 is 120. The summed E-state index contributed by atoms with van der Waals surface area (Å²) in [5.41, 5.74) is -3.32. The molecule has 6 saturated heterocycles. The first kappa shape index (κ1) is 76.5. The molecule has 6 heterocycles. The summed E-state index contributed by atoms with van der Waals surface area (Å²) in [6.07, 6.45) is -37.8. The van der Waals surface area contributed by atoms with E-state index in [1.54, 1.807) is 6.92 Å². The molecule has 6 aliphatic heterocycles. The number of cyclic esters (lactones) is 1. The third-order valence-corrected chi connectivity index (χ3v) is 22.7. The van der Waals surface area contributed by atoms with E-state index >= 15 is 0 Å². The van der Waals surface area contributed by atoms with Crippen LogP contribution >= 0.6 is 0 Å². The molecule has 0 aromatic rings. The van der Waals surface area contributed by atoms with Crippen LogP contribution in [0.3, 0.4) is 0 Å². The van der Waals surface area contributed by atoms with Crippen molar-refractivity contribution >= 4 is 28.1 Å². The Bertz CT molecular complexity index is 2820. The molecule has 0 radical (unpaired) electrons. The van der Waals surface area contributed by atoms with Gasteiger partial charge in [0.1, 0.15) is 121 Å². The van der Waals surface area contributed by atoms with E-state index in [4.69, 9.17) is 65.8 Å². The van der Waals surface area contributed by atoms with Gasteiger partial charge in [0.25, 0.3) is 0 Å². The summed E-state index contributed by atoms with van der Waals surface area (Å²) in [5, 5.41) is 122. The second-order valence-electron chi connectivity index (χ2n) is 28.9. The van der Waals surface area contributed by atoms with Crippen LogP contribution in [0.25, 0.3) is 0 Å². The number of carbonyl (C=O) groups is 3. The Morgan fingerprint density at radius 2 is 1.28 bits per heavy atom. The van der Waals surface area contributed by atoms with Gasteiger partial charge in [0, 0.05) is 32.3 Å². The topological polar surface area (TPSA) is 460 Å². The van der Waals surface area contributed by atoms with Gasteiger partial charge < -0.3 is 122 Å². The van der Waals surface area contributed by atoms with E-state index in [9.17, 15) is 83.5 Å². The second-order valence-corrected chi connectivity index (χ2v) is 29.9. The average molecular weight is 1380 g/mol. The van der Waals surface area contributed by atoms with Gasteiger partial charge in [0.2, 0.25) is 10.4 Å². The van der Waals surface area contributed by atoms with Crippen molar-refractivity contribution < 1.29 is 179 Å². The number of Topliss-reactive ketones (excluding diaryl/α,β-unsaturated/α-hetero) is 1. The van der Waals surface area contributed by atoms with Crippen molar-refractivity contribution in [3.8, 4) is 0 Å². The summed E-state index contributed by atoms with van der Waals surface area (Å²) >= 11 is 0. The molecule has 1 spiro atoms. The predicted octanol–water partition coefficient (Wildman–Crippen LogP) is -5.64. The van der Waals surface area contributed by atoms with Crippen molar-refractivity contribution in [3.63, 3.8) is 0 Å². The third-order valence-electron chi connectivity index (χ3n) is 22.3. The molecule has 4 aliphatic carbocycles. The van der Waals surface area contributed by atoms with Crippen molar-refractivity contribution in [2.45, 2.75) is 273 Å². The smallest absolute Gasteiger partial charge is 0.726 e. The zero-order chi connectivity index (χ0) is 68.1. The van der Waals surface area contributed by atoms with Gasteiger partial charge in [0.05, 0.1) is 50.0 Å². The van der Waals surface area contributed by atoms with E-state index in [1.807, 2.05) is 27.7 Å². The number of methoxy groups -OCH3 is 1. The molecule has 9 fully saturated rings. The first-order valence-corrected chi connectivity index (χ1v) is 33.4. The maximum atomic E-state index is 14.8. The molecule has 33 heteroatoms. The van der Waals surface area contributed by atoms with E-state index in [2.05, 4.69) is 19.9 Å². The molecular formula is C61H95NaO31S. The number of hydrogen-bond donors (Lipinski definition) is 11. The normalized spacial score (nSPS) is 49.3. The van der Waals surface area contributed by atoms with Gasteiger partial charge in [-0.1, -0.05) is 53.2 Å². The minimum absolute atomic E-state index is 0. The number of allylic oxidation sites excluding steroid dienone is 2. The molecule has 3 saturated carbocycles. The van der Waals surface area contributed by atoms with Crippen LogP contribution in [0.5, 0.6) is 0 Å². The molecular weight excluding hydrogens is 1280 g/mol. The Labute approximate surface area is 567 Å². The van der Waals surface area contributed by atoms with Crippen LogP contribution in [0.15, 0.2) is 11.6 Å². The number of aliphatic hydroxyl groups excluding tert-OH is 11. The fourth-order valence-electron chi connectivity index (χ4n) is 17.9. The molecule has 0 unspecified atom stereocenters. The van der Waals surface area contributed by atoms with Gasteiger partial charge in [-0.3, -0.25) is 18.6 Å². The van der Waals surface area contributed by atoms with Crippen LogP contribution in [0.4, 0.5) is 0 Å². The molecule has 10 rings (SSSR count). The van der Waals surface area contributed by atoms with Gasteiger partial charge in [-0.2, -0.15) is 0 Å². The zero-order valence-corrected chi connectivity index (χ0v) is 57.6. The number of esters is 2. The molecule has 0 bridgehead atoms. The first-order chi connectivity index (χ1) is 43.5. The largest absolute Gasteiger partial charge is 1.00 e. The summed E-state index contributed by atoms with van der Waals surface area (Å²) in [5.74, 6) is -1.73. The number of fused-ring (bicyclic) bond motifs is 4. The van der Waals surface area contributed by atoms with Gasteiger partial charge in [-0.25, -0.2) is 8.42 Å². The number of ketones is 1. The number of aliphatic hydroxyl groups is 11. The van der Waals surface area contributed by atoms with Gasteiger partial charge >= 0.3 is 41.5 Å². The quantitative estimate of drug-likeness (QED) is 0.0178. The zero-order valence-electron chi connectivity index (χ0n) is 54.8. The summed E-state index contributed by atoms with van der Waals surface area (Å²) in [6.45, 7) is 13.6. The molecule has 31 nitrogen and oxygen atoms in total. The number of ether oxygens (including phenoxy) is 13. The molecule has 32 atom stereocenters. The summed E-state index contributed by atoms with van der Waals surface area (Å²) in [4.78, 5) is 41.2. The third kappa shape index (κ3) is 13.8. The van der Waals surface area contributed by atoms with Gasteiger partial charge in [-0.05, 0) is 81.0 Å². The van der Waals surface area contributed by atoms with E-state index in [0.717, 1.165) is 12.7 Å². The predicted molar refractivity (Wildman–Crippen MR) is 307 cm³/mol. The fourth-order valence-corrected chi connectivity index (χ4v) is 18.4. The van der Waals surface area contributed by atoms with E-state index in [-0.39, 0.29) is 59.5 Å². The summed E-state index contributed by atoms with van der Waals surface area (Å²) in [6, 6.07) is 0. The standard InChI is InChI=1S/C61H96O31S.Na/c1-24(2)17-27(65)18-60(9)50-31(83-26(4)64)19-59(8)29-11-12-35-57(5,6)36(14-15-58(35,7)28(29)13-16-61(50,59)56(75)91-60)86-54-48(40(70)34(23-81-54)92-93(76,77)78)90-55-49(89-51-41(71)37(67)30(66)22-80-51)42(72)45(25(3)82-55)87-53-44(74)47(39(69)33(21-63)85-53)88-52-43(73)46(79-10)38(68)32(20-62)84-52;/h11,24-25,28,30-55,62-63,66-74H,12-23H2,1-10H3,(H,76,77,78);/q;+1/p-1/t25-,28+,30-,31+,32-,33-,34-,35+,36+,37+,38-,39-,40+,41-,42+,43-,44-,45-,46+,47+,48-,49-,50-,51+,52+,53+,54+,55+,58-,59+,60+,61-;/m1./s1. The molecule has 10 aliphatic rings. The van der Waals surface area contributed by atoms with Crippen LogP contribution in [-0.4, -0.2) is 280 Å². The van der Waals surface area contributed by atoms with Gasteiger partial charge in [0.15, 0.2) is 31.5 Å². The molecule has 11 N–H and O–H groups in total. The number of hydrogen-bond acceptors (Lipinski definition) is 31. The van der Waals surface area contributed by atoms with E-state index in [1.165, 1.54) is 13.8 Å². The Balaban J connectivity index is 0.0000104. The SMILES string of the molecule is CO[C@@H]1[C@@H](O)[C@H](O[C@@H]2[C@@H](O)[C@H](O[C@H]3[C@H](O)[C@@H](O[C@@H]4OC[C@@H](O)[C@H](O)[C@H]4O)[C@H](O[C@H]4[C@H](O[C@H]5CC[C@]6(C)[C@H]7CC[C@]89C(=O)O[C@@](C)(CC(=O)CC(C)C)[C@H]8[C@@H](OC(C)=O)C[C@@]9(C)C7=CC[C@H]6C5(C)C)OC[C@@H](OS(=O)(=O)[O-])[C@@H]4O)O[C@@H]3C)O[C@H](CO)[C@H]2O)O[C@H](CO)[C@H]1O.[Na+]. The second kappa shape index (κ2) is 29.0. The van der Waals surface area contributed by atoms with Crippen molar-refractivity contribution in [1.82, 2.24) is 0 Å². The van der Waals surface area contributed by atoms with E-state index < -0.39 is 235 Å². The van der Waals surface area contributed by atoms with Crippen LogP contribution in [0, 0.1) is 45.3 Å². The minimum Gasteiger partial charge on any atom is -0.726 e. The van der Waals surface area contributed by atoms with Crippen molar-refractivity contribution in [3.05, 3.63) is 11.6 Å². The van der Waals surface area contributed by atoms with Crippen molar-refractivity contribution in [2.75, 3.05) is 33.5 Å². The van der Waals surface area contributed by atoms with Crippen LogP contribution in [-0.2, 0) is 90.5 Å². The maximum Gasteiger partial charge on any atom is 1.00 e. The minimum atomic E-state index is -5.54. The number of carbonyl (C=O) groups excluding carboxylic acids is 3. The van der Waals surface area contributed by atoms with Crippen LogP contribution < -0.4 is 29.6 Å². The molecule has 94 heavy (non-hydrogen) atoms. The Hall–Kier alpha value is -1.66. The Morgan fingerprint density at radius 3 is 1.88 bits per heavy atom. The molecule has 0 aromatic carbocycles. The van der Waals surface area contributed by atoms with Gasteiger partial charge in [-0.15, -0.1) is 0 Å².